The summed E-state index contributed by atoms with van der Waals surface area (Å²) >= 11 is 0. The summed E-state index contributed by atoms with van der Waals surface area (Å²) in [7, 11) is 2.00. The van der Waals surface area contributed by atoms with Crippen LogP contribution in [0.15, 0.2) is 6.33 Å². The van der Waals surface area contributed by atoms with E-state index in [1.165, 1.54) is 0 Å². The van der Waals surface area contributed by atoms with E-state index in [1.807, 2.05) is 11.7 Å². The van der Waals surface area contributed by atoms with Crippen LogP contribution in [0.4, 0.5) is 0 Å². The molecule has 2 heterocycles. The van der Waals surface area contributed by atoms with Gasteiger partial charge in [-0.2, -0.15) is 5.10 Å². The first-order valence-electron chi connectivity index (χ1n) is 8.02. The van der Waals surface area contributed by atoms with E-state index in [0.717, 1.165) is 45.0 Å². The van der Waals surface area contributed by atoms with Crippen LogP contribution >= 0.6 is 0 Å². The lowest BCUT2D eigenvalue weighted by Crippen LogP contribution is -2.52. The minimum Gasteiger partial charge on any atom is -0.374 e. The van der Waals surface area contributed by atoms with Crippen molar-refractivity contribution in [2.45, 2.75) is 45.9 Å². The molecule has 0 radical (unpaired) electrons. The molecule has 0 amide bonds. The minimum absolute atomic E-state index is 0.216. The number of ether oxygens (including phenoxy) is 1. The standard InChI is InChI=1S/C15H29N5O/c1-5-19-6-7-21-14(10-19)13(16-4)8-15-17-11-18-20(15)9-12(2)3/h11-14,16H,5-10H2,1-4H3. The average Bonchev–Trinajstić information content (AvgIpc) is 2.91. The molecular weight excluding hydrogens is 266 g/mol. The van der Waals surface area contributed by atoms with Crippen molar-refractivity contribution in [3.63, 3.8) is 0 Å². The molecule has 0 aromatic carbocycles. The molecule has 2 atom stereocenters. The summed E-state index contributed by atoms with van der Waals surface area (Å²) in [5.74, 6) is 1.61. The second-order valence-electron chi connectivity index (χ2n) is 6.15. The zero-order valence-electron chi connectivity index (χ0n) is 13.7. The Morgan fingerprint density at radius 3 is 2.95 bits per heavy atom. The third-order valence-corrected chi connectivity index (χ3v) is 4.08. The van der Waals surface area contributed by atoms with E-state index in [-0.39, 0.29) is 12.1 Å². The Morgan fingerprint density at radius 2 is 2.29 bits per heavy atom. The van der Waals surface area contributed by atoms with Crippen molar-refractivity contribution in [2.75, 3.05) is 33.3 Å². The van der Waals surface area contributed by atoms with Crippen LogP contribution in [0.25, 0.3) is 0 Å². The molecule has 21 heavy (non-hydrogen) atoms. The lowest BCUT2D eigenvalue weighted by molar-refractivity contribution is -0.0440. The molecule has 2 rings (SSSR count). The second-order valence-corrected chi connectivity index (χ2v) is 6.15. The van der Waals surface area contributed by atoms with Crippen LogP contribution in [-0.4, -0.2) is 65.1 Å². The largest absolute Gasteiger partial charge is 0.374 e. The Labute approximate surface area is 127 Å². The predicted molar refractivity (Wildman–Crippen MR) is 83.3 cm³/mol. The van der Waals surface area contributed by atoms with Crippen molar-refractivity contribution in [1.29, 1.82) is 0 Å². The van der Waals surface area contributed by atoms with Crippen LogP contribution in [0, 0.1) is 5.92 Å². The minimum atomic E-state index is 0.216. The molecule has 6 nitrogen and oxygen atoms in total. The zero-order valence-corrected chi connectivity index (χ0v) is 13.7. The molecule has 0 bridgehead atoms. The Kier molecular flexibility index (Phi) is 6.14. The summed E-state index contributed by atoms with van der Waals surface area (Å²) in [5.41, 5.74) is 0. The molecule has 0 aliphatic carbocycles. The Balaban J connectivity index is 2.00. The highest BCUT2D eigenvalue weighted by molar-refractivity contribution is 4.94. The van der Waals surface area contributed by atoms with E-state index in [9.17, 15) is 0 Å². The molecule has 1 aromatic rings. The lowest BCUT2D eigenvalue weighted by atomic mass is 10.1. The third-order valence-electron chi connectivity index (χ3n) is 4.08. The Bertz CT molecular complexity index is 420. The summed E-state index contributed by atoms with van der Waals surface area (Å²) < 4.78 is 7.99. The number of nitrogens with zero attached hydrogens (tertiary/aromatic N) is 4. The fourth-order valence-electron chi connectivity index (χ4n) is 2.82. The van der Waals surface area contributed by atoms with Gasteiger partial charge in [0, 0.05) is 32.1 Å². The molecule has 1 saturated heterocycles. The molecule has 2 unspecified atom stereocenters. The number of morpholine rings is 1. The van der Waals surface area contributed by atoms with E-state index in [2.05, 4.69) is 41.1 Å². The van der Waals surface area contributed by atoms with Gasteiger partial charge in [0.15, 0.2) is 0 Å². The first-order chi connectivity index (χ1) is 10.1. The molecule has 1 aliphatic heterocycles. The highest BCUT2D eigenvalue weighted by Gasteiger charge is 2.28. The third kappa shape index (κ3) is 4.49. The van der Waals surface area contributed by atoms with Gasteiger partial charge in [0.1, 0.15) is 12.2 Å². The van der Waals surface area contributed by atoms with Gasteiger partial charge in [-0.25, -0.2) is 9.67 Å². The topological polar surface area (TPSA) is 55.2 Å². The maximum atomic E-state index is 5.97. The van der Waals surface area contributed by atoms with Gasteiger partial charge in [0.2, 0.25) is 0 Å². The fraction of sp³-hybridized carbons (Fsp3) is 0.867. The van der Waals surface area contributed by atoms with Crippen molar-refractivity contribution >= 4 is 0 Å². The number of nitrogens with one attached hydrogen (secondary N) is 1. The van der Waals surface area contributed by atoms with Crippen LogP contribution in [-0.2, 0) is 17.7 Å². The highest BCUT2D eigenvalue weighted by Crippen LogP contribution is 2.13. The summed E-state index contributed by atoms with van der Waals surface area (Å²) in [5, 5.41) is 7.75. The van der Waals surface area contributed by atoms with Gasteiger partial charge in [-0.15, -0.1) is 0 Å². The van der Waals surface area contributed by atoms with Crippen molar-refractivity contribution in [1.82, 2.24) is 25.0 Å². The van der Waals surface area contributed by atoms with Gasteiger partial charge in [-0.1, -0.05) is 20.8 Å². The van der Waals surface area contributed by atoms with Gasteiger partial charge in [-0.3, -0.25) is 4.90 Å². The molecule has 1 aliphatic rings. The quantitative estimate of drug-likeness (QED) is 0.806. The van der Waals surface area contributed by atoms with E-state index < -0.39 is 0 Å². The number of rotatable bonds is 7. The molecule has 1 N–H and O–H groups in total. The summed E-state index contributed by atoms with van der Waals surface area (Å²) in [6.07, 6.45) is 2.73. The monoisotopic (exact) mass is 295 g/mol. The molecule has 6 heteroatoms. The van der Waals surface area contributed by atoms with E-state index in [4.69, 9.17) is 4.74 Å². The molecule has 1 aromatic heterocycles. The smallest absolute Gasteiger partial charge is 0.138 e. The first kappa shape index (κ1) is 16.4. The van der Waals surface area contributed by atoms with Crippen molar-refractivity contribution in [3.8, 4) is 0 Å². The lowest BCUT2D eigenvalue weighted by Gasteiger charge is -2.36. The number of aromatic nitrogens is 3. The van der Waals surface area contributed by atoms with Gasteiger partial charge in [-0.05, 0) is 19.5 Å². The van der Waals surface area contributed by atoms with Crippen molar-refractivity contribution in [2.24, 2.45) is 5.92 Å². The first-order valence-corrected chi connectivity index (χ1v) is 8.02. The average molecular weight is 295 g/mol. The Morgan fingerprint density at radius 1 is 1.48 bits per heavy atom. The van der Waals surface area contributed by atoms with E-state index in [0.29, 0.717) is 5.92 Å². The number of likely N-dealkylation sites (N-methyl/N-ethyl adjacent to an activating group) is 2. The maximum absolute atomic E-state index is 5.97. The van der Waals surface area contributed by atoms with Crippen LogP contribution < -0.4 is 5.32 Å². The summed E-state index contributed by atoms with van der Waals surface area (Å²) in [6, 6.07) is 0.273. The SMILES string of the molecule is CCN1CCOC(C(Cc2ncnn2CC(C)C)NC)C1. The van der Waals surface area contributed by atoms with Crippen molar-refractivity contribution < 1.29 is 4.74 Å². The van der Waals surface area contributed by atoms with Crippen LogP contribution in [0.1, 0.15) is 26.6 Å². The van der Waals surface area contributed by atoms with Gasteiger partial charge >= 0.3 is 0 Å². The normalized spacial score (nSPS) is 21.9. The highest BCUT2D eigenvalue weighted by atomic mass is 16.5. The number of hydrogen-bond acceptors (Lipinski definition) is 5. The molecule has 0 spiro atoms. The summed E-state index contributed by atoms with van der Waals surface area (Å²) in [6.45, 7) is 11.4. The Hall–Kier alpha value is -0.980. The summed E-state index contributed by atoms with van der Waals surface area (Å²) in [4.78, 5) is 6.88. The van der Waals surface area contributed by atoms with E-state index >= 15 is 0 Å². The maximum Gasteiger partial charge on any atom is 0.138 e. The number of hydrogen-bond donors (Lipinski definition) is 1. The van der Waals surface area contributed by atoms with Crippen molar-refractivity contribution in [3.05, 3.63) is 12.2 Å². The van der Waals surface area contributed by atoms with Gasteiger partial charge in [0.05, 0.1) is 12.7 Å². The molecular formula is C15H29N5O. The van der Waals surface area contributed by atoms with E-state index in [1.54, 1.807) is 6.33 Å². The zero-order chi connectivity index (χ0) is 15.2. The molecule has 120 valence electrons. The molecule has 1 fully saturated rings. The van der Waals surface area contributed by atoms with Gasteiger partial charge in [0.25, 0.3) is 0 Å². The molecule has 0 saturated carbocycles. The second kappa shape index (κ2) is 7.87. The van der Waals surface area contributed by atoms with Crippen LogP contribution in [0.2, 0.25) is 0 Å². The van der Waals surface area contributed by atoms with Gasteiger partial charge < -0.3 is 10.1 Å². The predicted octanol–water partition coefficient (Wildman–Crippen LogP) is 0.785. The fourth-order valence-corrected chi connectivity index (χ4v) is 2.82. The van der Waals surface area contributed by atoms with Crippen LogP contribution in [0.3, 0.4) is 0 Å². The van der Waals surface area contributed by atoms with Crippen LogP contribution in [0.5, 0.6) is 0 Å².